The molecule has 0 aliphatic carbocycles. The van der Waals surface area contributed by atoms with Gasteiger partial charge in [-0.05, 0) is 39.0 Å². The minimum Gasteiger partial charge on any atom is -0.444 e. The number of benzene rings is 1. The van der Waals surface area contributed by atoms with Crippen LogP contribution in [0.3, 0.4) is 0 Å². The highest BCUT2D eigenvalue weighted by Gasteiger charge is 2.34. The zero-order valence-electron chi connectivity index (χ0n) is 17.9. The molecule has 0 unspecified atom stereocenters. The summed E-state index contributed by atoms with van der Waals surface area (Å²) >= 11 is 0. The normalized spacial score (nSPS) is 13.6. The maximum atomic E-state index is 13.3. The zero-order valence-corrected chi connectivity index (χ0v) is 17.9. The number of ether oxygens (including phenoxy) is 1. The first-order valence-corrected chi connectivity index (χ1v) is 9.71. The largest absolute Gasteiger partial charge is 0.444 e. The number of nitrogens with two attached hydrogens (primary N) is 1. The Hall–Kier alpha value is -3.36. The van der Waals surface area contributed by atoms with Crippen molar-refractivity contribution in [1.82, 2.24) is 14.7 Å². The SMILES string of the molecule is CC(=O)N(C(=O)c1nn(C)c2c1CN(C(=O)OC(C)(C)C)CC2)c1cccc(N)c1. The van der Waals surface area contributed by atoms with Gasteiger partial charge in [0.25, 0.3) is 5.91 Å². The van der Waals surface area contributed by atoms with E-state index in [4.69, 9.17) is 10.5 Å². The van der Waals surface area contributed by atoms with Gasteiger partial charge in [0.05, 0.1) is 12.2 Å². The van der Waals surface area contributed by atoms with Gasteiger partial charge in [-0.3, -0.25) is 14.3 Å². The summed E-state index contributed by atoms with van der Waals surface area (Å²) in [6.07, 6.45) is 0.0821. The number of fused-ring (bicyclic) bond motifs is 1. The Labute approximate surface area is 175 Å². The fourth-order valence-corrected chi connectivity index (χ4v) is 3.46. The molecule has 160 valence electrons. The fourth-order valence-electron chi connectivity index (χ4n) is 3.46. The number of hydrogen-bond acceptors (Lipinski definition) is 6. The number of anilines is 2. The van der Waals surface area contributed by atoms with Crippen LogP contribution in [0.25, 0.3) is 0 Å². The predicted molar refractivity (Wildman–Crippen MR) is 112 cm³/mol. The fraction of sp³-hybridized carbons (Fsp3) is 0.429. The first-order chi connectivity index (χ1) is 14.0. The molecule has 2 aromatic rings. The molecule has 0 spiro atoms. The molecule has 0 radical (unpaired) electrons. The van der Waals surface area contributed by atoms with E-state index in [1.54, 1.807) is 61.7 Å². The molecule has 9 nitrogen and oxygen atoms in total. The Kier molecular flexibility index (Phi) is 5.56. The summed E-state index contributed by atoms with van der Waals surface area (Å²) < 4.78 is 7.10. The van der Waals surface area contributed by atoms with Crippen LogP contribution in [0.5, 0.6) is 0 Å². The van der Waals surface area contributed by atoms with Crippen molar-refractivity contribution in [2.75, 3.05) is 17.2 Å². The van der Waals surface area contributed by atoms with Gasteiger partial charge in [0.1, 0.15) is 5.60 Å². The van der Waals surface area contributed by atoms with Gasteiger partial charge < -0.3 is 15.4 Å². The van der Waals surface area contributed by atoms with E-state index in [9.17, 15) is 14.4 Å². The van der Waals surface area contributed by atoms with E-state index in [2.05, 4.69) is 5.10 Å². The Morgan fingerprint density at radius 1 is 1.23 bits per heavy atom. The number of aryl methyl sites for hydroxylation is 1. The first kappa shape index (κ1) is 21.4. The van der Waals surface area contributed by atoms with Gasteiger partial charge in [-0.25, -0.2) is 9.69 Å². The summed E-state index contributed by atoms with van der Waals surface area (Å²) in [5.41, 5.74) is 7.62. The quantitative estimate of drug-likeness (QED) is 0.758. The molecule has 0 bridgehead atoms. The molecule has 3 amide bonds. The van der Waals surface area contributed by atoms with Crippen LogP contribution in [0.15, 0.2) is 24.3 Å². The van der Waals surface area contributed by atoms with Crippen LogP contribution < -0.4 is 10.6 Å². The van der Waals surface area contributed by atoms with Gasteiger partial charge >= 0.3 is 6.09 Å². The van der Waals surface area contributed by atoms with E-state index >= 15 is 0 Å². The predicted octanol–water partition coefficient (Wildman–Crippen LogP) is 2.49. The maximum absolute atomic E-state index is 13.3. The monoisotopic (exact) mass is 413 g/mol. The number of amides is 3. The zero-order chi connectivity index (χ0) is 22.2. The molecule has 30 heavy (non-hydrogen) atoms. The standard InChI is InChI=1S/C21H27N5O4/c1-13(27)26(15-8-6-7-14(22)11-15)19(28)18-16-12-25(20(29)30-21(2,3)4)10-9-17(16)24(5)23-18/h6-8,11H,9-10,12,22H2,1-5H3. The Morgan fingerprint density at radius 2 is 1.93 bits per heavy atom. The Morgan fingerprint density at radius 3 is 2.53 bits per heavy atom. The lowest BCUT2D eigenvalue weighted by Crippen LogP contribution is -2.41. The van der Waals surface area contributed by atoms with E-state index in [1.807, 2.05) is 0 Å². The molecule has 1 aliphatic rings. The Balaban J connectivity index is 1.95. The highest BCUT2D eigenvalue weighted by molar-refractivity contribution is 6.20. The topological polar surface area (TPSA) is 111 Å². The molecular weight excluding hydrogens is 386 g/mol. The minimum absolute atomic E-state index is 0.137. The van der Waals surface area contributed by atoms with Crippen LogP contribution in [0.2, 0.25) is 0 Å². The highest BCUT2D eigenvalue weighted by atomic mass is 16.6. The van der Waals surface area contributed by atoms with Crippen LogP contribution in [0.1, 0.15) is 49.4 Å². The van der Waals surface area contributed by atoms with Gasteiger partial charge in [0, 0.05) is 43.9 Å². The van der Waals surface area contributed by atoms with Gasteiger partial charge in [-0.1, -0.05) is 6.07 Å². The summed E-state index contributed by atoms with van der Waals surface area (Å²) in [7, 11) is 1.75. The van der Waals surface area contributed by atoms with Crippen molar-refractivity contribution < 1.29 is 19.1 Å². The van der Waals surface area contributed by atoms with E-state index < -0.39 is 23.5 Å². The van der Waals surface area contributed by atoms with E-state index in [0.717, 1.165) is 10.6 Å². The molecule has 1 aromatic carbocycles. The van der Waals surface area contributed by atoms with Crippen LogP contribution in [0.4, 0.5) is 16.2 Å². The molecule has 9 heteroatoms. The molecule has 0 fully saturated rings. The number of nitrogen functional groups attached to an aromatic ring is 1. The number of aromatic nitrogens is 2. The second-order valence-corrected chi connectivity index (χ2v) is 8.30. The number of carbonyl (C=O) groups is 3. The molecule has 2 N–H and O–H groups in total. The number of imide groups is 1. The summed E-state index contributed by atoms with van der Waals surface area (Å²) in [6.45, 7) is 7.35. The minimum atomic E-state index is -0.621. The summed E-state index contributed by atoms with van der Waals surface area (Å²) in [6, 6.07) is 6.54. The van der Waals surface area contributed by atoms with Crippen molar-refractivity contribution in [1.29, 1.82) is 0 Å². The van der Waals surface area contributed by atoms with Crippen molar-refractivity contribution in [3.63, 3.8) is 0 Å². The first-order valence-electron chi connectivity index (χ1n) is 9.71. The molecule has 0 saturated heterocycles. The van der Waals surface area contributed by atoms with Crippen molar-refractivity contribution in [2.24, 2.45) is 7.05 Å². The lowest BCUT2D eigenvalue weighted by Gasteiger charge is -2.30. The van der Waals surface area contributed by atoms with Gasteiger partial charge in [0.2, 0.25) is 5.91 Å². The van der Waals surface area contributed by atoms with E-state index in [0.29, 0.717) is 29.9 Å². The van der Waals surface area contributed by atoms with Crippen LogP contribution >= 0.6 is 0 Å². The smallest absolute Gasteiger partial charge is 0.410 e. The van der Waals surface area contributed by atoms with Crippen molar-refractivity contribution in [3.8, 4) is 0 Å². The lowest BCUT2D eigenvalue weighted by molar-refractivity contribution is -0.115. The molecule has 0 atom stereocenters. The van der Waals surface area contributed by atoms with Crippen LogP contribution in [0, 0.1) is 0 Å². The molecule has 1 aliphatic heterocycles. The molecule has 1 aromatic heterocycles. The van der Waals surface area contributed by atoms with Crippen LogP contribution in [-0.4, -0.2) is 44.7 Å². The van der Waals surface area contributed by atoms with E-state index in [-0.39, 0.29) is 12.2 Å². The third kappa shape index (κ3) is 4.29. The third-order valence-corrected chi connectivity index (χ3v) is 4.74. The lowest BCUT2D eigenvalue weighted by atomic mass is 10.0. The average molecular weight is 413 g/mol. The molecular formula is C21H27N5O4. The van der Waals surface area contributed by atoms with Gasteiger partial charge in [-0.2, -0.15) is 5.10 Å². The molecule has 2 heterocycles. The summed E-state index contributed by atoms with van der Waals surface area (Å²) in [5.74, 6) is -1.01. The third-order valence-electron chi connectivity index (χ3n) is 4.74. The highest BCUT2D eigenvalue weighted by Crippen LogP contribution is 2.27. The van der Waals surface area contributed by atoms with E-state index in [1.165, 1.54) is 6.92 Å². The van der Waals surface area contributed by atoms with Crippen molar-refractivity contribution in [2.45, 2.75) is 46.3 Å². The van der Waals surface area contributed by atoms with Gasteiger partial charge in [0.15, 0.2) is 5.69 Å². The average Bonchev–Trinajstić information content (AvgIpc) is 2.96. The number of hydrogen-bond donors (Lipinski definition) is 1. The number of nitrogens with zero attached hydrogens (tertiary/aromatic N) is 4. The van der Waals surface area contributed by atoms with Crippen molar-refractivity contribution in [3.05, 3.63) is 41.2 Å². The molecule has 3 rings (SSSR count). The van der Waals surface area contributed by atoms with Crippen LogP contribution in [-0.2, 0) is 29.5 Å². The number of rotatable bonds is 2. The van der Waals surface area contributed by atoms with Crippen molar-refractivity contribution >= 4 is 29.3 Å². The second-order valence-electron chi connectivity index (χ2n) is 8.30. The second kappa shape index (κ2) is 7.81. The summed E-state index contributed by atoms with van der Waals surface area (Å²) in [5, 5.41) is 4.37. The maximum Gasteiger partial charge on any atom is 0.410 e. The van der Waals surface area contributed by atoms with Gasteiger partial charge in [-0.15, -0.1) is 0 Å². The molecule has 0 saturated carbocycles. The summed E-state index contributed by atoms with van der Waals surface area (Å²) in [4.78, 5) is 40.8. The Bertz CT molecular complexity index is 1010. The number of carbonyl (C=O) groups excluding carboxylic acids is 3.